The van der Waals surface area contributed by atoms with Gasteiger partial charge in [-0.2, -0.15) is 8.78 Å². The van der Waals surface area contributed by atoms with Gasteiger partial charge in [0.05, 0.1) is 11.5 Å². The molecule has 1 aromatic carbocycles. The van der Waals surface area contributed by atoms with Crippen LogP contribution in [0.1, 0.15) is 17.3 Å². The molecule has 1 rings (SSSR count). The fourth-order valence-corrected chi connectivity index (χ4v) is 1.29. The van der Waals surface area contributed by atoms with E-state index in [9.17, 15) is 28.5 Å². The van der Waals surface area contributed by atoms with E-state index >= 15 is 0 Å². The normalized spacial score (nSPS) is 10.8. The summed E-state index contributed by atoms with van der Waals surface area (Å²) in [6.45, 7) is 0.985. The molecule has 114 valence electrons. The third-order valence-corrected chi connectivity index (χ3v) is 2.19. The number of nitro groups is 1. The Morgan fingerprint density at radius 1 is 1.43 bits per heavy atom. The van der Waals surface area contributed by atoms with Crippen LogP contribution in [0.4, 0.5) is 14.5 Å². The zero-order valence-electron chi connectivity index (χ0n) is 10.7. The van der Waals surface area contributed by atoms with Gasteiger partial charge in [-0.3, -0.25) is 14.9 Å². The first-order valence-corrected chi connectivity index (χ1v) is 5.51. The van der Waals surface area contributed by atoms with E-state index < -0.39 is 34.3 Å². The minimum absolute atomic E-state index is 0.270. The molecule has 8 nitrogen and oxygen atoms in total. The Kier molecular flexibility index (Phi) is 4.74. The number of nitrogens with zero attached hydrogens (tertiary/aromatic N) is 1. The van der Waals surface area contributed by atoms with Gasteiger partial charge >= 0.3 is 17.8 Å². The number of primary amides is 1. The van der Waals surface area contributed by atoms with Crippen LogP contribution < -0.4 is 10.5 Å². The number of hydrogen-bond acceptors (Lipinski definition) is 6. The lowest BCUT2D eigenvalue weighted by Crippen LogP contribution is -2.37. The summed E-state index contributed by atoms with van der Waals surface area (Å²) in [7, 11) is 0. The highest BCUT2D eigenvalue weighted by atomic mass is 19.3. The predicted octanol–water partition coefficient (Wildman–Crippen LogP) is 1.23. The fraction of sp³-hybridized carbons (Fsp3) is 0.273. The third kappa shape index (κ3) is 3.84. The lowest BCUT2D eigenvalue weighted by Gasteiger charge is -2.16. The van der Waals surface area contributed by atoms with Gasteiger partial charge < -0.3 is 15.2 Å². The molecule has 10 heteroatoms. The molecule has 0 spiro atoms. The maximum atomic E-state index is 13.4. The molecule has 0 radical (unpaired) electrons. The van der Waals surface area contributed by atoms with Gasteiger partial charge in [-0.15, -0.1) is 0 Å². The van der Waals surface area contributed by atoms with Crippen LogP contribution in [0, 0.1) is 10.1 Å². The molecular weight excluding hydrogens is 294 g/mol. The van der Waals surface area contributed by atoms with Crippen molar-refractivity contribution in [3.63, 3.8) is 0 Å². The monoisotopic (exact) mass is 304 g/mol. The van der Waals surface area contributed by atoms with E-state index in [0.717, 1.165) is 12.1 Å². The summed E-state index contributed by atoms with van der Waals surface area (Å²) in [5, 5.41) is 10.8. The van der Waals surface area contributed by atoms with E-state index in [-0.39, 0.29) is 12.2 Å². The van der Waals surface area contributed by atoms with Gasteiger partial charge in [0.25, 0.3) is 0 Å². The molecule has 0 bridgehead atoms. The minimum Gasteiger partial charge on any atom is -0.459 e. The Labute approximate surface area is 116 Å². The lowest BCUT2D eigenvalue weighted by molar-refractivity contribution is -0.387. The van der Waals surface area contributed by atoms with Crippen molar-refractivity contribution >= 4 is 17.6 Å². The van der Waals surface area contributed by atoms with Gasteiger partial charge in [0.2, 0.25) is 11.7 Å². The van der Waals surface area contributed by atoms with E-state index in [4.69, 9.17) is 5.73 Å². The second-order valence-corrected chi connectivity index (χ2v) is 3.64. The maximum Gasteiger partial charge on any atom is 0.502 e. The molecule has 1 aromatic rings. The molecule has 2 N–H and O–H groups in total. The van der Waals surface area contributed by atoms with Gasteiger partial charge in [-0.1, -0.05) is 0 Å². The van der Waals surface area contributed by atoms with Gasteiger partial charge in [0.15, 0.2) is 0 Å². The van der Waals surface area contributed by atoms with Crippen molar-refractivity contribution in [3.8, 4) is 5.75 Å². The molecule has 0 unspecified atom stereocenters. The van der Waals surface area contributed by atoms with Gasteiger partial charge in [-0.05, 0) is 19.1 Å². The number of amides is 1. The number of ether oxygens (including phenoxy) is 2. The zero-order chi connectivity index (χ0) is 16.2. The van der Waals surface area contributed by atoms with Crippen LogP contribution in [0.5, 0.6) is 5.75 Å². The van der Waals surface area contributed by atoms with E-state index in [0.29, 0.717) is 6.07 Å². The summed E-state index contributed by atoms with van der Waals surface area (Å²) >= 11 is 0. The number of nitrogens with two attached hydrogens (primary N) is 1. The maximum absolute atomic E-state index is 13.4. The number of esters is 1. The first kappa shape index (κ1) is 16.3. The molecular formula is C11H10F2N2O6. The molecule has 0 saturated heterocycles. The van der Waals surface area contributed by atoms with Crippen molar-refractivity contribution in [2.24, 2.45) is 5.73 Å². The Hall–Kier alpha value is -2.78. The number of nitro benzene ring substituents is 1. The Balaban J connectivity index is 3.16. The summed E-state index contributed by atoms with van der Waals surface area (Å²) in [5.41, 5.74) is 3.72. The third-order valence-electron chi connectivity index (χ3n) is 2.19. The molecule has 0 aromatic heterocycles. The topological polar surface area (TPSA) is 122 Å². The highest BCUT2D eigenvalue weighted by Crippen LogP contribution is 2.32. The first-order chi connectivity index (χ1) is 9.69. The van der Waals surface area contributed by atoms with E-state index in [1.807, 2.05) is 0 Å². The second-order valence-electron chi connectivity index (χ2n) is 3.64. The van der Waals surface area contributed by atoms with Crippen molar-refractivity contribution in [1.29, 1.82) is 0 Å². The van der Waals surface area contributed by atoms with Crippen LogP contribution >= 0.6 is 0 Å². The highest BCUT2D eigenvalue weighted by molar-refractivity contribution is 5.93. The van der Waals surface area contributed by atoms with Crippen molar-refractivity contribution in [1.82, 2.24) is 0 Å². The summed E-state index contributed by atoms with van der Waals surface area (Å²) < 4.78 is 34.9. The average Bonchev–Trinajstić information content (AvgIpc) is 2.38. The van der Waals surface area contributed by atoms with E-state index in [1.165, 1.54) is 6.92 Å². The van der Waals surface area contributed by atoms with Crippen molar-refractivity contribution in [2.45, 2.75) is 13.0 Å². The molecule has 0 aliphatic rings. The molecule has 21 heavy (non-hydrogen) atoms. The van der Waals surface area contributed by atoms with Gasteiger partial charge in [0, 0.05) is 11.6 Å². The van der Waals surface area contributed by atoms with Crippen LogP contribution in [-0.2, 0) is 9.53 Å². The smallest absolute Gasteiger partial charge is 0.459 e. The van der Waals surface area contributed by atoms with Crippen LogP contribution in [0.15, 0.2) is 18.2 Å². The molecule has 0 aliphatic heterocycles. The predicted molar refractivity (Wildman–Crippen MR) is 63.8 cm³/mol. The van der Waals surface area contributed by atoms with E-state index in [2.05, 4.69) is 9.47 Å². The number of benzene rings is 1. The fourth-order valence-electron chi connectivity index (χ4n) is 1.29. The Bertz CT molecular complexity index is 590. The van der Waals surface area contributed by atoms with E-state index in [1.54, 1.807) is 0 Å². The standard InChI is InChI=1S/C11H10F2N2O6/c1-2-20-10(17)11(12,13)21-8-4-3-6(9(14)16)5-7(8)15(18)19/h3-5H,2H2,1H3,(H2,14,16). The quantitative estimate of drug-likeness (QED) is 0.479. The number of rotatable bonds is 6. The lowest BCUT2D eigenvalue weighted by atomic mass is 10.2. The molecule has 0 fully saturated rings. The van der Waals surface area contributed by atoms with Crippen LogP contribution in [0.3, 0.4) is 0 Å². The molecule has 0 heterocycles. The summed E-state index contributed by atoms with van der Waals surface area (Å²) in [6.07, 6.45) is -4.41. The van der Waals surface area contributed by atoms with Crippen LogP contribution in [0.2, 0.25) is 0 Å². The minimum atomic E-state index is -4.41. The summed E-state index contributed by atoms with van der Waals surface area (Å²) in [6, 6.07) is 2.36. The zero-order valence-corrected chi connectivity index (χ0v) is 10.7. The largest absolute Gasteiger partial charge is 0.502 e. The Morgan fingerprint density at radius 3 is 2.52 bits per heavy atom. The molecule has 0 aliphatic carbocycles. The number of carbonyl (C=O) groups is 2. The number of hydrogen-bond donors (Lipinski definition) is 1. The van der Waals surface area contributed by atoms with Crippen molar-refractivity contribution in [2.75, 3.05) is 6.61 Å². The average molecular weight is 304 g/mol. The van der Waals surface area contributed by atoms with Gasteiger partial charge in [0.1, 0.15) is 0 Å². The number of carbonyl (C=O) groups excluding carboxylic acids is 2. The number of halogens is 2. The summed E-state index contributed by atoms with van der Waals surface area (Å²) in [5.74, 6) is -3.87. The highest BCUT2D eigenvalue weighted by Gasteiger charge is 2.45. The molecule has 1 amide bonds. The SMILES string of the molecule is CCOC(=O)C(F)(F)Oc1ccc(C(N)=O)cc1[N+](=O)[O-]. The van der Waals surface area contributed by atoms with Crippen LogP contribution in [-0.4, -0.2) is 29.5 Å². The van der Waals surface area contributed by atoms with Crippen LogP contribution in [0.25, 0.3) is 0 Å². The van der Waals surface area contributed by atoms with Gasteiger partial charge in [-0.25, -0.2) is 4.79 Å². The number of alkyl halides is 2. The first-order valence-electron chi connectivity index (χ1n) is 5.51. The van der Waals surface area contributed by atoms with Crippen molar-refractivity contribution in [3.05, 3.63) is 33.9 Å². The second kappa shape index (κ2) is 6.11. The summed E-state index contributed by atoms with van der Waals surface area (Å²) in [4.78, 5) is 31.6. The Morgan fingerprint density at radius 2 is 2.05 bits per heavy atom. The molecule has 0 atom stereocenters. The molecule has 0 saturated carbocycles. The van der Waals surface area contributed by atoms with Crippen molar-refractivity contribution < 1.29 is 32.8 Å².